The minimum Gasteiger partial charge on any atom is -0.329 e. The van der Waals surface area contributed by atoms with Gasteiger partial charge >= 0.3 is 0 Å². The summed E-state index contributed by atoms with van der Waals surface area (Å²) in [4.78, 5) is 0. The molecular formula is C13H22N2. The topological polar surface area (TPSA) is 38.0 Å². The molecule has 0 bridgehead atoms. The van der Waals surface area contributed by atoms with Crippen molar-refractivity contribution in [3.8, 4) is 0 Å². The summed E-state index contributed by atoms with van der Waals surface area (Å²) in [5, 5.41) is 3.46. The van der Waals surface area contributed by atoms with Crippen LogP contribution in [-0.4, -0.2) is 12.1 Å². The van der Waals surface area contributed by atoms with Gasteiger partial charge in [-0.05, 0) is 38.8 Å². The van der Waals surface area contributed by atoms with Crippen molar-refractivity contribution < 1.29 is 0 Å². The Morgan fingerprint density at radius 2 is 1.93 bits per heavy atom. The number of nitrogens with two attached hydrogens (primary N) is 1. The molecular weight excluding hydrogens is 184 g/mol. The van der Waals surface area contributed by atoms with Crippen LogP contribution in [0.3, 0.4) is 0 Å². The van der Waals surface area contributed by atoms with E-state index in [1.807, 2.05) is 0 Å². The predicted octanol–water partition coefficient (Wildman–Crippen LogP) is 2.13. The molecule has 0 aliphatic carbocycles. The Morgan fingerprint density at radius 1 is 1.27 bits per heavy atom. The quantitative estimate of drug-likeness (QED) is 0.792. The molecule has 0 radical (unpaired) electrons. The van der Waals surface area contributed by atoms with E-state index in [0.29, 0.717) is 6.54 Å². The molecule has 0 aliphatic rings. The molecule has 0 atom stereocenters. The SMILES string of the molecule is Cc1ccc(CNC(C)(C)CN)c(C)c1. The molecule has 0 spiro atoms. The van der Waals surface area contributed by atoms with E-state index in [1.54, 1.807) is 0 Å². The van der Waals surface area contributed by atoms with Gasteiger partial charge in [-0.3, -0.25) is 0 Å². The van der Waals surface area contributed by atoms with Crippen LogP contribution < -0.4 is 11.1 Å². The molecule has 0 fully saturated rings. The van der Waals surface area contributed by atoms with E-state index in [4.69, 9.17) is 5.73 Å². The summed E-state index contributed by atoms with van der Waals surface area (Å²) in [6.45, 7) is 10.1. The van der Waals surface area contributed by atoms with E-state index in [9.17, 15) is 0 Å². The van der Waals surface area contributed by atoms with Crippen LogP contribution in [0.25, 0.3) is 0 Å². The van der Waals surface area contributed by atoms with Gasteiger partial charge in [0.2, 0.25) is 0 Å². The number of nitrogens with one attached hydrogen (secondary N) is 1. The lowest BCUT2D eigenvalue weighted by Gasteiger charge is -2.24. The molecule has 1 aromatic carbocycles. The highest BCUT2D eigenvalue weighted by molar-refractivity contribution is 5.30. The van der Waals surface area contributed by atoms with Crippen molar-refractivity contribution in [2.24, 2.45) is 5.73 Å². The number of hydrogen-bond donors (Lipinski definition) is 2. The van der Waals surface area contributed by atoms with Crippen LogP contribution in [0.5, 0.6) is 0 Å². The molecule has 15 heavy (non-hydrogen) atoms. The van der Waals surface area contributed by atoms with Crippen molar-refractivity contribution in [1.29, 1.82) is 0 Å². The lowest BCUT2D eigenvalue weighted by Crippen LogP contribution is -2.45. The Kier molecular flexibility index (Phi) is 3.89. The summed E-state index contributed by atoms with van der Waals surface area (Å²) in [5.74, 6) is 0. The summed E-state index contributed by atoms with van der Waals surface area (Å²) >= 11 is 0. The van der Waals surface area contributed by atoms with Crippen molar-refractivity contribution in [3.05, 3.63) is 34.9 Å². The van der Waals surface area contributed by atoms with Crippen LogP contribution in [0.1, 0.15) is 30.5 Å². The lowest BCUT2D eigenvalue weighted by molar-refractivity contribution is 0.396. The minimum atomic E-state index is 0.0112. The van der Waals surface area contributed by atoms with Crippen LogP contribution in [-0.2, 0) is 6.54 Å². The first kappa shape index (κ1) is 12.2. The summed E-state index contributed by atoms with van der Waals surface area (Å²) in [6, 6.07) is 6.55. The van der Waals surface area contributed by atoms with Gasteiger partial charge in [0, 0.05) is 18.6 Å². The van der Waals surface area contributed by atoms with Crippen molar-refractivity contribution in [2.45, 2.75) is 39.8 Å². The van der Waals surface area contributed by atoms with Crippen molar-refractivity contribution in [3.63, 3.8) is 0 Å². The Balaban J connectivity index is 2.66. The largest absolute Gasteiger partial charge is 0.329 e. The van der Waals surface area contributed by atoms with Gasteiger partial charge in [0.1, 0.15) is 0 Å². The molecule has 1 rings (SSSR count). The van der Waals surface area contributed by atoms with Crippen LogP contribution in [0, 0.1) is 13.8 Å². The Hall–Kier alpha value is -0.860. The van der Waals surface area contributed by atoms with Crippen LogP contribution >= 0.6 is 0 Å². The first-order valence-corrected chi connectivity index (χ1v) is 5.46. The van der Waals surface area contributed by atoms with Crippen molar-refractivity contribution in [1.82, 2.24) is 5.32 Å². The van der Waals surface area contributed by atoms with Gasteiger partial charge in [-0.2, -0.15) is 0 Å². The molecule has 84 valence electrons. The first-order chi connectivity index (χ1) is 6.94. The third kappa shape index (κ3) is 3.65. The van der Waals surface area contributed by atoms with Crippen LogP contribution in [0.4, 0.5) is 0 Å². The van der Waals surface area contributed by atoms with Crippen molar-refractivity contribution >= 4 is 0 Å². The van der Waals surface area contributed by atoms with E-state index in [0.717, 1.165) is 6.54 Å². The summed E-state index contributed by atoms with van der Waals surface area (Å²) < 4.78 is 0. The Labute approximate surface area is 92.9 Å². The monoisotopic (exact) mass is 206 g/mol. The van der Waals surface area contributed by atoms with E-state index in [2.05, 4.69) is 51.2 Å². The average Bonchev–Trinajstić information content (AvgIpc) is 2.16. The van der Waals surface area contributed by atoms with E-state index in [1.165, 1.54) is 16.7 Å². The van der Waals surface area contributed by atoms with Crippen LogP contribution in [0.15, 0.2) is 18.2 Å². The van der Waals surface area contributed by atoms with E-state index >= 15 is 0 Å². The second-order valence-corrected chi connectivity index (χ2v) is 4.87. The number of rotatable bonds is 4. The fourth-order valence-corrected chi connectivity index (χ4v) is 1.45. The maximum absolute atomic E-state index is 5.67. The first-order valence-electron chi connectivity index (χ1n) is 5.46. The second kappa shape index (κ2) is 4.77. The van der Waals surface area contributed by atoms with Crippen molar-refractivity contribution in [2.75, 3.05) is 6.54 Å². The van der Waals surface area contributed by atoms with Gasteiger partial charge in [-0.1, -0.05) is 23.8 Å². The molecule has 0 saturated heterocycles. The smallest absolute Gasteiger partial charge is 0.0250 e. The Bertz CT molecular complexity index is 329. The van der Waals surface area contributed by atoms with Gasteiger partial charge in [-0.25, -0.2) is 0 Å². The molecule has 0 aromatic heterocycles. The van der Waals surface area contributed by atoms with Gasteiger partial charge in [0.05, 0.1) is 0 Å². The fraction of sp³-hybridized carbons (Fsp3) is 0.538. The maximum atomic E-state index is 5.67. The van der Waals surface area contributed by atoms with Gasteiger partial charge in [0.25, 0.3) is 0 Å². The third-order valence-corrected chi connectivity index (χ3v) is 2.77. The second-order valence-electron chi connectivity index (χ2n) is 4.87. The highest BCUT2D eigenvalue weighted by Gasteiger charge is 2.14. The van der Waals surface area contributed by atoms with Gasteiger partial charge in [-0.15, -0.1) is 0 Å². The zero-order chi connectivity index (χ0) is 11.5. The summed E-state index contributed by atoms with van der Waals surface area (Å²) in [7, 11) is 0. The predicted molar refractivity (Wildman–Crippen MR) is 65.9 cm³/mol. The number of benzene rings is 1. The highest BCUT2D eigenvalue weighted by atomic mass is 15.0. The lowest BCUT2D eigenvalue weighted by atomic mass is 10.0. The normalized spacial score (nSPS) is 11.8. The fourth-order valence-electron chi connectivity index (χ4n) is 1.45. The zero-order valence-corrected chi connectivity index (χ0v) is 10.2. The molecule has 2 nitrogen and oxygen atoms in total. The number of aryl methyl sites for hydroxylation is 2. The van der Waals surface area contributed by atoms with E-state index in [-0.39, 0.29) is 5.54 Å². The number of hydrogen-bond acceptors (Lipinski definition) is 2. The van der Waals surface area contributed by atoms with E-state index < -0.39 is 0 Å². The maximum Gasteiger partial charge on any atom is 0.0250 e. The summed E-state index contributed by atoms with van der Waals surface area (Å²) in [5.41, 5.74) is 9.69. The van der Waals surface area contributed by atoms with Gasteiger partial charge < -0.3 is 11.1 Å². The standard InChI is InChI=1S/C13H22N2/c1-10-5-6-12(11(2)7-10)8-15-13(3,4)9-14/h5-7,15H,8-9,14H2,1-4H3. The zero-order valence-electron chi connectivity index (χ0n) is 10.2. The minimum absolute atomic E-state index is 0.0112. The molecule has 3 N–H and O–H groups in total. The molecule has 0 amide bonds. The summed E-state index contributed by atoms with van der Waals surface area (Å²) in [6.07, 6.45) is 0. The molecule has 0 aliphatic heterocycles. The van der Waals surface area contributed by atoms with Gasteiger partial charge in [0.15, 0.2) is 0 Å². The highest BCUT2D eigenvalue weighted by Crippen LogP contribution is 2.11. The Morgan fingerprint density at radius 3 is 2.47 bits per heavy atom. The molecule has 2 heteroatoms. The molecule has 1 aromatic rings. The molecule has 0 heterocycles. The van der Waals surface area contributed by atoms with Crippen LogP contribution in [0.2, 0.25) is 0 Å². The molecule has 0 saturated carbocycles. The third-order valence-electron chi connectivity index (χ3n) is 2.77. The molecule has 0 unspecified atom stereocenters. The average molecular weight is 206 g/mol.